The molecule has 2 aromatic carbocycles. The van der Waals surface area contributed by atoms with Gasteiger partial charge in [-0.3, -0.25) is 9.48 Å². The number of carboxylic acid groups (broad SMARTS) is 1. The van der Waals surface area contributed by atoms with Gasteiger partial charge in [0.25, 0.3) is 5.91 Å². The van der Waals surface area contributed by atoms with E-state index in [9.17, 15) is 23.1 Å². The molecular formula is C23H21F3N4O4. The van der Waals surface area contributed by atoms with Crippen molar-refractivity contribution in [2.45, 2.75) is 32.0 Å². The average molecular weight is 474 g/mol. The zero-order valence-corrected chi connectivity index (χ0v) is 17.8. The topological polar surface area (TPSA) is 130 Å². The molecule has 0 spiro atoms. The van der Waals surface area contributed by atoms with Gasteiger partial charge in [-0.05, 0) is 54.7 Å². The largest absolute Gasteiger partial charge is 0.507 e. The van der Waals surface area contributed by atoms with Crippen molar-refractivity contribution in [2.24, 2.45) is 0 Å². The molecule has 5 rings (SSSR count). The number of phenolic OH excluding ortho intramolecular Hbond substituents is 1. The van der Waals surface area contributed by atoms with E-state index in [0.29, 0.717) is 17.9 Å². The third-order valence-electron chi connectivity index (χ3n) is 5.66. The number of halogens is 3. The van der Waals surface area contributed by atoms with E-state index in [-0.39, 0.29) is 11.7 Å². The summed E-state index contributed by atoms with van der Waals surface area (Å²) in [5.74, 6) is -2.56. The Labute approximate surface area is 191 Å². The Morgan fingerprint density at radius 2 is 1.88 bits per heavy atom. The van der Waals surface area contributed by atoms with Crippen LogP contribution in [0.5, 0.6) is 5.75 Å². The van der Waals surface area contributed by atoms with Crippen molar-refractivity contribution < 1.29 is 33.0 Å². The van der Waals surface area contributed by atoms with Crippen LogP contribution in [0.25, 0.3) is 22.4 Å². The number of alkyl halides is 3. The molecule has 0 saturated carbocycles. The van der Waals surface area contributed by atoms with Crippen LogP contribution in [0.2, 0.25) is 0 Å². The Hall–Kier alpha value is -4.02. The van der Waals surface area contributed by atoms with Crippen molar-refractivity contribution >= 4 is 17.6 Å². The Balaban J connectivity index is 0.000000344. The van der Waals surface area contributed by atoms with Crippen LogP contribution in [-0.4, -0.2) is 44.6 Å². The number of nitrogens with one attached hydrogen (secondary N) is 1. The number of hydrogen-bond acceptors (Lipinski definition) is 5. The fourth-order valence-electron chi connectivity index (χ4n) is 4.14. The molecule has 178 valence electrons. The van der Waals surface area contributed by atoms with Gasteiger partial charge in [0.2, 0.25) is 0 Å². The van der Waals surface area contributed by atoms with Crippen molar-refractivity contribution in [3.05, 3.63) is 53.2 Å². The fourth-order valence-corrected chi connectivity index (χ4v) is 4.14. The molecule has 8 nitrogen and oxygen atoms in total. The molecule has 0 bridgehead atoms. The van der Waals surface area contributed by atoms with Crippen LogP contribution in [0.4, 0.5) is 18.9 Å². The molecule has 0 atom stereocenters. The number of rotatable bonds is 1. The third-order valence-corrected chi connectivity index (χ3v) is 5.66. The molecule has 1 amide bonds. The van der Waals surface area contributed by atoms with Crippen LogP contribution in [0.1, 0.15) is 28.0 Å². The summed E-state index contributed by atoms with van der Waals surface area (Å²) in [6, 6.07) is 11.3. The zero-order valence-electron chi connectivity index (χ0n) is 17.8. The number of phenols is 1. The SMILES string of the molecule is Nc1cccc(-c2cc3c(cc2O)CCc2c-3nn3c2C(=O)NCCC3)c1.O=C(O)C(F)(F)F. The molecule has 1 aliphatic carbocycles. The van der Waals surface area contributed by atoms with E-state index < -0.39 is 12.1 Å². The molecule has 2 heterocycles. The number of aryl methyl sites for hydroxylation is 2. The minimum absolute atomic E-state index is 0.0421. The van der Waals surface area contributed by atoms with Crippen LogP contribution in [0.3, 0.4) is 0 Å². The molecule has 1 aromatic heterocycles. The predicted octanol–water partition coefficient (Wildman–Crippen LogP) is 3.37. The standard InChI is InChI=1S/C21H20N4O2.C2HF3O2/c22-14-4-1-3-12(9-14)16-11-17-13(10-18(16)26)5-6-15-19(17)24-25-8-2-7-23-21(27)20(15)25;3-2(4,5)1(6)7/h1,3-4,9-11,26H,2,5-8,22H2,(H,23,27);(H,6,7). The van der Waals surface area contributed by atoms with Gasteiger partial charge in [0, 0.05) is 35.5 Å². The first kappa shape index (κ1) is 23.1. The molecule has 0 saturated heterocycles. The first-order chi connectivity index (χ1) is 16.1. The highest BCUT2D eigenvalue weighted by molar-refractivity contribution is 5.97. The second-order valence-electron chi connectivity index (χ2n) is 7.96. The van der Waals surface area contributed by atoms with Crippen molar-refractivity contribution in [3.8, 4) is 28.1 Å². The van der Waals surface area contributed by atoms with Crippen molar-refractivity contribution in [1.29, 1.82) is 0 Å². The number of anilines is 1. The maximum atomic E-state index is 12.5. The monoisotopic (exact) mass is 474 g/mol. The minimum Gasteiger partial charge on any atom is -0.507 e. The molecular weight excluding hydrogens is 453 g/mol. The van der Waals surface area contributed by atoms with Crippen LogP contribution < -0.4 is 11.1 Å². The van der Waals surface area contributed by atoms with Crippen LogP contribution in [-0.2, 0) is 24.2 Å². The van der Waals surface area contributed by atoms with Crippen molar-refractivity contribution in [3.63, 3.8) is 0 Å². The first-order valence-electron chi connectivity index (χ1n) is 10.5. The van der Waals surface area contributed by atoms with Crippen LogP contribution >= 0.6 is 0 Å². The normalized spacial score (nSPS) is 14.5. The van der Waals surface area contributed by atoms with Crippen molar-refractivity contribution in [2.75, 3.05) is 12.3 Å². The van der Waals surface area contributed by atoms with Gasteiger partial charge in [-0.25, -0.2) is 4.79 Å². The lowest BCUT2D eigenvalue weighted by Crippen LogP contribution is -2.24. The fraction of sp³-hybridized carbons (Fsp3) is 0.261. The highest BCUT2D eigenvalue weighted by Crippen LogP contribution is 2.41. The van der Waals surface area contributed by atoms with Crippen molar-refractivity contribution in [1.82, 2.24) is 15.1 Å². The van der Waals surface area contributed by atoms with E-state index in [1.165, 1.54) is 0 Å². The van der Waals surface area contributed by atoms with Gasteiger partial charge >= 0.3 is 12.1 Å². The summed E-state index contributed by atoms with van der Waals surface area (Å²) in [7, 11) is 0. The molecule has 0 fully saturated rings. The van der Waals surface area contributed by atoms with E-state index in [1.54, 1.807) is 0 Å². The Morgan fingerprint density at radius 3 is 2.56 bits per heavy atom. The Kier molecular flexibility index (Phi) is 5.94. The molecule has 0 unspecified atom stereocenters. The molecule has 0 radical (unpaired) electrons. The van der Waals surface area contributed by atoms with Gasteiger partial charge in [0.1, 0.15) is 11.4 Å². The number of carbonyl (C=O) groups is 2. The number of hydrogen-bond donors (Lipinski definition) is 4. The van der Waals surface area contributed by atoms with E-state index >= 15 is 0 Å². The maximum absolute atomic E-state index is 12.5. The van der Waals surface area contributed by atoms with Gasteiger partial charge in [-0.15, -0.1) is 0 Å². The summed E-state index contributed by atoms with van der Waals surface area (Å²) in [5, 5.41) is 25.4. The summed E-state index contributed by atoms with van der Waals surface area (Å²) in [6.07, 6.45) is -2.68. The number of carbonyl (C=O) groups excluding carboxylic acids is 1. The third kappa shape index (κ3) is 4.41. The summed E-state index contributed by atoms with van der Waals surface area (Å²) in [4.78, 5) is 21.4. The number of aromatic hydroxyl groups is 1. The number of amides is 1. The van der Waals surface area contributed by atoms with E-state index in [1.807, 2.05) is 41.1 Å². The molecule has 1 aliphatic heterocycles. The Morgan fingerprint density at radius 1 is 1.15 bits per heavy atom. The molecule has 3 aromatic rings. The molecule has 11 heteroatoms. The van der Waals surface area contributed by atoms with Gasteiger partial charge in [0.05, 0.1) is 5.69 Å². The number of aliphatic carboxylic acids is 1. The average Bonchev–Trinajstić information content (AvgIpc) is 3.05. The van der Waals surface area contributed by atoms with E-state index in [0.717, 1.165) is 59.3 Å². The molecule has 2 aliphatic rings. The van der Waals surface area contributed by atoms with E-state index in [2.05, 4.69) is 5.32 Å². The first-order valence-corrected chi connectivity index (χ1v) is 10.5. The van der Waals surface area contributed by atoms with Gasteiger partial charge in [-0.2, -0.15) is 18.3 Å². The summed E-state index contributed by atoms with van der Waals surface area (Å²) < 4.78 is 33.6. The number of benzene rings is 2. The highest BCUT2D eigenvalue weighted by atomic mass is 19.4. The van der Waals surface area contributed by atoms with Gasteiger partial charge in [-0.1, -0.05) is 12.1 Å². The second-order valence-corrected chi connectivity index (χ2v) is 7.96. The predicted molar refractivity (Wildman–Crippen MR) is 117 cm³/mol. The number of nitrogens with zero attached hydrogens (tertiary/aromatic N) is 2. The summed E-state index contributed by atoms with van der Waals surface area (Å²) in [6.45, 7) is 1.41. The minimum atomic E-state index is -5.08. The lowest BCUT2D eigenvalue weighted by molar-refractivity contribution is -0.192. The molecule has 34 heavy (non-hydrogen) atoms. The Bertz CT molecular complexity index is 1280. The maximum Gasteiger partial charge on any atom is 0.490 e. The highest BCUT2D eigenvalue weighted by Gasteiger charge is 2.38. The number of nitrogen functional groups attached to an aromatic ring is 1. The van der Waals surface area contributed by atoms with Gasteiger partial charge in [0.15, 0.2) is 0 Å². The zero-order chi connectivity index (χ0) is 24.6. The smallest absolute Gasteiger partial charge is 0.490 e. The second kappa shape index (κ2) is 8.73. The number of nitrogens with two attached hydrogens (primary N) is 1. The number of fused-ring (bicyclic) bond motifs is 5. The quantitative estimate of drug-likeness (QED) is 0.400. The van der Waals surface area contributed by atoms with E-state index in [4.69, 9.17) is 20.7 Å². The van der Waals surface area contributed by atoms with Crippen LogP contribution in [0.15, 0.2) is 36.4 Å². The lowest BCUT2D eigenvalue weighted by atomic mass is 9.86. The molecule has 5 N–H and O–H groups in total. The number of aromatic nitrogens is 2. The number of carboxylic acids is 1. The lowest BCUT2D eigenvalue weighted by Gasteiger charge is -2.18. The van der Waals surface area contributed by atoms with Gasteiger partial charge < -0.3 is 21.3 Å². The summed E-state index contributed by atoms with van der Waals surface area (Å²) >= 11 is 0. The summed E-state index contributed by atoms with van der Waals surface area (Å²) in [5.41, 5.74) is 12.7. The van der Waals surface area contributed by atoms with Crippen LogP contribution in [0, 0.1) is 0 Å².